The lowest BCUT2D eigenvalue weighted by molar-refractivity contribution is 0.675. The van der Waals surface area contributed by atoms with Gasteiger partial charge in [-0.3, -0.25) is 4.68 Å². The van der Waals surface area contributed by atoms with Crippen LogP contribution in [0.5, 0.6) is 0 Å². The van der Waals surface area contributed by atoms with Crippen LogP contribution in [0.3, 0.4) is 0 Å². The van der Waals surface area contributed by atoms with Gasteiger partial charge in [0.15, 0.2) is 0 Å². The molecule has 1 aromatic carbocycles. The average Bonchev–Trinajstić information content (AvgIpc) is 2.64. The normalized spacial score (nSPS) is 12.7. The van der Waals surface area contributed by atoms with Crippen LogP contribution in [0.25, 0.3) is 0 Å². The van der Waals surface area contributed by atoms with Crippen molar-refractivity contribution >= 4 is 22.6 Å². The summed E-state index contributed by atoms with van der Waals surface area (Å²) in [7, 11) is 1.92. The summed E-state index contributed by atoms with van der Waals surface area (Å²) in [5, 5.41) is 4.33. The minimum Gasteiger partial charge on any atom is -0.324 e. The van der Waals surface area contributed by atoms with Gasteiger partial charge >= 0.3 is 0 Å². The fourth-order valence-corrected chi connectivity index (χ4v) is 2.22. The molecule has 16 heavy (non-hydrogen) atoms. The monoisotopic (exact) mass is 327 g/mol. The number of hydrogen-bond donors (Lipinski definition) is 1. The first-order valence-electron chi connectivity index (χ1n) is 5.15. The lowest BCUT2D eigenvalue weighted by atomic mass is 10.0. The van der Waals surface area contributed by atoms with Crippen LogP contribution < -0.4 is 5.73 Å². The molecule has 0 aliphatic carbocycles. The van der Waals surface area contributed by atoms with Gasteiger partial charge in [-0.2, -0.15) is 5.10 Å². The highest BCUT2D eigenvalue weighted by atomic mass is 127. The Morgan fingerprint density at radius 1 is 1.44 bits per heavy atom. The number of nitrogens with zero attached hydrogens (tertiary/aromatic N) is 2. The summed E-state index contributed by atoms with van der Waals surface area (Å²) in [6, 6.07) is 10.3. The van der Waals surface area contributed by atoms with Crippen molar-refractivity contribution in [1.29, 1.82) is 0 Å². The molecule has 0 aliphatic heterocycles. The zero-order valence-corrected chi connectivity index (χ0v) is 11.3. The van der Waals surface area contributed by atoms with Crippen LogP contribution in [0, 0.1) is 3.57 Å². The SMILES string of the molecule is Cn1ccc(CC(N)c2cccc(I)c2)n1. The van der Waals surface area contributed by atoms with Gasteiger partial charge in [-0.05, 0) is 46.4 Å². The van der Waals surface area contributed by atoms with Crippen molar-refractivity contribution in [2.45, 2.75) is 12.5 Å². The van der Waals surface area contributed by atoms with E-state index < -0.39 is 0 Å². The molecule has 1 unspecified atom stereocenters. The second kappa shape index (κ2) is 4.97. The van der Waals surface area contributed by atoms with Crippen molar-refractivity contribution in [2.75, 3.05) is 0 Å². The molecule has 0 saturated carbocycles. The van der Waals surface area contributed by atoms with Crippen molar-refractivity contribution in [3.05, 3.63) is 51.4 Å². The molecule has 0 amide bonds. The molecule has 1 aromatic heterocycles. The van der Waals surface area contributed by atoms with Crippen molar-refractivity contribution in [3.63, 3.8) is 0 Å². The lowest BCUT2D eigenvalue weighted by Gasteiger charge is -2.10. The fourth-order valence-electron chi connectivity index (χ4n) is 1.65. The Hall–Kier alpha value is -0.880. The Morgan fingerprint density at radius 2 is 2.25 bits per heavy atom. The van der Waals surface area contributed by atoms with Crippen molar-refractivity contribution < 1.29 is 0 Å². The smallest absolute Gasteiger partial charge is 0.0643 e. The van der Waals surface area contributed by atoms with Crippen molar-refractivity contribution in [1.82, 2.24) is 9.78 Å². The Bertz CT molecular complexity index is 479. The highest BCUT2D eigenvalue weighted by molar-refractivity contribution is 14.1. The summed E-state index contributed by atoms with van der Waals surface area (Å²) < 4.78 is 3.02. The van der Waals surface area contributed by atoms with E-state index in [9.17, 15) is 0 Å². The van der Waals surface area contributed by atoms with E-state index >= 15 is 0 Å². The maximum Gasteiger partial charge on any atom is 0.0643 e. The molecule has 0 radical (unpaired) electrons. The van der Waals surface area contributed by atoms with Gasteiger partial charge in [0, 0.05) is 29.3 Å². The number of rotatable bonds is 3. The zero-order valence-electron chi connectivity index (χ0n) is 9.10. The van der Waals surface area contributed by atoms with E-state index in [0.717, 1.165) is 17.7 Å². The third kappa shape index (κ3) is 2.82. The largest absolute Gasteiger partial charge is 0.324 e. The Balaban J connectivity index is 2.11. The molecule has 2 rings (SSSR count). The molecule has 1 atom stereocenters. The predicted octanol–water partition coefficient (Wildman–Crippen LogP) is 2.27. The van der Waals surface area contributed by atoms with Crippen LogP contribution in [0.1, 0.15) is 17.3 Å². The maximum absolute atomic E-state index is 6.15. The van der Waals surface area contributed by atoms with Gasteiger partial charge < -0.3 is 5.73 Å². The van der Waals surface area contributed by atoms with Gasteiger partial charge in [-0.1, -0.05) is 12.1 Å². The number of hydrogen-bond acceptors (Lipinski definition) is 2. The van der Waals surface area contributed by atoms with Crippen molar-refractivity contribution in [3.8, 4) is 0 Å². The zero-order chi connectivity index (χ0) is 11.5. The van der Waals surface area contributed by atoms with E-state index in [1.807, 2.05) is 25.4 Å². The summed E-state index contributed by atoms with van der Waals surface area (Å²) in [4.78, 5) is 0. The molecular formula is C12H14IN3. The summed E-state index contributed by atoms with van der Waals surface area (Å²) in [6.07, 6.45) is 2.72. The quantitative estimate of drug-likeness (QED) is 0.879. The van der Waals surface area contributed by atoms with Gasteiger partial charge in [0.25, 0.3) is 0 Å². The summed E-state index contributed by atoms with van der Waals surface area (Å²) >= 11 is 2.30. The molecule has 0 fully saturated rings. The van der Waals surface area contributed by atoms with E-state index in [2.05, 4.69) is 45.9 Å². The predicted molar refractivity (Wildman–Crippen MR) is 73.0 cm³/mol. The molecule has 3 nitrogen and oxygen atoms in total. The molecule has 4 heteroatoms. The Labute approximate surface area is 109 Å². The Kier molecular flexibility index (Phi) is 3.60. The molecule has 0 aliphatic rings. The maximum atomic E-state index is 6.15. The summed E-state index contributed by atoms with van der Waals surface area (Å²) in [5.74, 6) is 0. The highest BCUT2D eigenvalue weighted by Crippen LogP contribution is 2.17. The molecule has 1 heterocycles. The van der Waals surface area contributed by atoms with E-state index in [1.165, 1.54) is 3.57 Å². The first-order valence-corrected chi connectivity index (χ1v) is 6.22. The molecular weight excluding hydrogens is 313 g/mol. The third-order valence-electron chi connectivity index (χ3n) is 2.47. The first-order chi connectivity index (χ1) is 7.65. The molecule has 0 saturated heterocycles. The van der Waals surface area contributed by atoms with Gasteiger partial charge in [-0.15, -0.1) is 0 Å². The van der Waals surface area contributed by atoms with Crippen LogP contribution >= 0.6 is 22.6 Å². The fraction of sp³-hybridized carbons (Fsp3) is 0.250. The van der Waals surface area contributed by atoms with Gasteiger partial charge in [0.2, 0.25) is 0 Å². The second-order valence-electron chi connectivity index (χ2n) is 3.85. The van der Waals surface area contributed by atoms with Crippen LogP contribution in [0.2, 0.25) is 0 Å². The van der Waals surface area contributed by atoms with Crippen molar-refractivity contribution in [2.24, 2.45) is 12.8 Å². The van der Waals surface area contributed by atoms with Crippen LogP contribution in [0.4, 0.5) is 0 Å². The van der Waals surface area contributed by atoms with Gasteiger partial charge in [-0.25, -0.2) is 0 Å². The number of aromatic nitrogens is 2. The van der Waals surface area contributed by atoms with Gasteiger partial charge in [0.05, 0.1) is 5.69 Å². The van der Waals surface area contributed by atoms with Crippen LogP contribution in [-0.2, 0) is 13.5 Å². The highest BCUT2D eigenvalue weighted by Gasteiger charge is 2.08. The van der Waals surface area contributed by atoms with Crippen LogP contribution in [0.15, 0.2) is 36.5 Å². The van der Waals surface area contributed by atoms with E-state index in [1.54, 1.807) is 4.68 Å². The lowest BCUT2D eigenvalue weighted by Crippen LogP contribution is -2.13. The number of nitrogens with two attached hydrogens (primary N) is 1. The Morgan fingerprint density at radius 3 is 2.88 bits per heavy atom. The molecule has 0 spiro atoms. The molecule has 84 valence electrons. The first kappa shape index (κ1) is 11.6. The van der Waals surface area contributed by atoms with E-state index in [0.29, 0.717) is 0 Å². The van der Waals surface area contributed by atoms with E-state index in [4.69, 9.17) is 5.73 Å². The minimum absolute atomic E-state index is 0.0182. The number of aryl methyl sites for hydroxylation is 1. The molecule has 2 N–H and O–H groups in total. The molecule has 0 bridgehead atoms. The number of benzene rings is 1. The standard InChI is InChI=1S/C12H14IN3/c1-16-6-5-11(15-16)8-12(14)9-3-2-4-10(13)7-9/h2-7,12H,8,14H2,1H3. The molecule has 2 aromatic rings. The van der Waals surface area contributed by atoms with Gasteiger partial charge in [0.1, 0.15) is 0 Å². The van der Waals surface area contributed by atoms with Crippen LogP contribution in [-0.4, -0.2) is 9.78 Å². The number of halogens is 1. The summed E-state index contributed by atoms with van der Waals surface area (Å²) in [5.41, 5.74) is 8.35. The van der Waals surface area contributed by atoms with E-state index in [-0.39, 0.29) is 6.04 Å². The topological polar surface area (TPSA) is 43.8 Å². The second-order valence-corrected chi connectivity index (χ2v) is 5.09. The average molecular weight is 327 g/mol. The summed E-state index contributed by atoms with van der Waals surface area (Å²) in [6.45, 7) is 0. The third-order valence-corrected chi connectivity index (χ3v) is 3.15. The minimum atomic E-state index is 0.0182.